The van der Waals surface area contributed by atoms with Crippen molar-refractivity contribution in [3.63, 3.8) is 0 Å². The van der Waals surface area contributed by atoms with E-state index in [0.29, 0.717) is 6.54 Å². The molecule has 0 saturated carbocycles. The van der Waals surface area contributed by atoms with Crippen LogP contribution in [0.1, 0.15) is 12.0 Å². The van der Waals surface area contributed by atoms with Gasteiger partial charge < -0.3 is 0 Å². The van der Waals surface area contributed by atoms with E-state index in [-0.39, 0.29) is 0 Å². The molecule has 1 aromatic carbocycles. The van der Waals surface area contributed by atoms with Gasteiger partial charge in [-0.15, -0.1) is 0 Å². The molecular weight excluding hydrogens is 313 g/mol. The van der Waals surface area contributed by atoms with Crippen molar-refractivity contribution >= 4 is 34.1 Å². The molecule has 14 heavy (non-hydrogen) atoms. The van der Waals surface area contributed by atoms with Crippen molar-refractivity contribution in [2.24, 2.45) is 0 Å². The summed E-state index contributed by atoms with van der Waals surface area (Å²) in [7, 11) is -3.14. The molecule has 2 rings (SSSR count). The zero-order valence-electron chi connectivity index (χ0n) is 7.48. The Morgan fingerprint density at radius 1 is 1.29 bits per heavy atom. The summed E-state index contributed by atoms with van der Waals surface area (Å²) in [6, 6.07) is 7.68. The number of hydrogen-bond donors (Lipinski definition) is 0. The van der Waals surface area contributed by atoms with E-state index in [0.717, 1.165) is 24.1 Å². The SMILES string of the molecule is O=S(=O)(I)N1CCCc2ccccc21. The molecule has 76 valence electrons. The highest BCUT2D eigenvalue weighted by atomic mass is 127. The van der Waals surface area contributed by atoms with Gasteiger partial charge in [-0.3, -0.25) is 4.31 Å². The summed E-state index contributed by atoms with van der Waals surface area (Å²) in [5.41, 5.74) is 1.96. The van der Waals surface area contributed by atoms with Crippen LogP contribution in [0.2, 0.25) is 0 Å². The molecule has 0 atom stereocenters. The lowest BCUT2D eigenvalue weighted by atomic mass is 10.0. The van der Waals surface area contributed by atoms with Gasteiger partial charge in [0.1, 0.15) is 0 Å². The first-order chi connectivity index (χ1) is 6.59. The topological polar surface area (TPSA) is 37.4 Å². The number of hydrogen-bond acceptors (Lipinski definition) is 2. The molecule has 0 radical (unpaired) electrons. The molecule has 0 aromatic heterocycles. The summed E-state index contributed by atoms with van der Waals surface area (Å²) in [5, 5.41) is 0. The molecule has 1 aromatic rings. The van der Waals surface area contributed by atoms with Gasteiger partial charge in [-0.1, -0.05) is 18.2 Å². The van der Waals surface area contributed by atoms with Crippen molar-refractivity contribution in [2.45, 2.75) is 12.8 Å². The second kappa shape index (κ2) is 3.69. The minimum Gasteiger partial charge on any atom is -0.262 e. The molecule has 0 aliphatic carbocycles. The van der Waals surface area contributed by atoms with Crippen LogP contribution < -0.4 is 4.31 Å². The van der Waals surface area contributed by atoms with E-state index in [1.807, 2.05) is 24.3 Å². The largest absolute Gasteiger partial charge is 0.288 e. The van der Waals surface area contributed by atoms with Gasteiger partial charge in [0.2, 0.25) is 0 Å². The lowest BCUT2D eigenvalue weighted by molar-refractivity contribution is 0.603. The second-order valence-electron chi connectivity index (χ2n) is 3.25. The van der Waals surface area contributed by atoms with Crippen LogP contribution in [0.5, 0.6) is 0 Å². The third kappa shape index (κ3) is 1.88. The Morgan fingerprint density at radius 2 is 2.00 bits per heavy atom. The fraction of sp³-hybridized carbons (Fsp3) is 0.333. The van der Waals surface area contributed by atoms with Crippen molar-refractivity contribution in [3.05, 3.63) is 29.8 Å². The van der Waals surface area contributed by atoms with E-state index in [1.54, 1.807) is 0 Å². The van der Waals surface area contributed by atoms with Crippen LogP contribution in [-0.2, 0) is 13.6 Å². The molecule has 1 heterocycles. The van der Waals surface area contributed by atoms with Gasteiger partial charge in [-0.25, -0.2) is 0 Å². The molecule has 1 aliphatic heterocycles. The second-order valence-corrected chi connectivity index (χ2v) is 7.85. The molecule has 0 amide bonds. The average molecular weight is 323 g/mol. The zero-order valence-corrected chi connectivity index (χ0v) is 10.5. The maximum Gasteiger partial charge on any atom is 0.288 e. The standard InChI is InChI=1S/C9H10INO2S/c10-14(12,13)11-7-3-5-8-4-1-2-6-9(8)11/h1-2,4,6H,3,5,7H2. The third-order valence-corrected chi connectivity index (χ3v) is 4.66. The Morgan fingerprint density at radius 3 is 2.71 bits per heavy atom. The van der Waals surface area contributed by atoms with E-state index >= 15 is 0 Å². The number of nitrogens with zero attached hydrogens (tertiary/aromatic N) is 1. The quantitative estimate of drug-likeness (QED) is 0.586. The van der Waals surface area contributed by atoms with Crippen LogP contribution in [0.25, 0.3) is 0 Å². The van der Waals surface area contributed by atoms with Gasteiger partial charge in [0, 0.05) is 6.54 Å². The van der Waals surface area contributed by atoms with Crippen LogP contribution >= 0.6 is 21.2 Å². The van der Waals surface area contributed by atoms with Gasteiger partial charge in [0.05, 0.1) is 26.9 Å². The monoisotopic (exact) mass is 323 g/mol. The Hall–Kier alpha value is -0.300. The van der Waals surface area contributed by atoms with Gasteiger partial charge in [-0.2, -0.15) is 8.42 Å². The summed E-state index contributed by atoms with van der Waals surface area (Å²) in [4.78, 5) is 0. The number of fused-ring (bicyclic) bond motifs is 1. The highest BCUT2D eigenvalue weighted by Crippen LogP contribution is 2.30. The van der Waals surface area contributed by atoms with E-state index in [9.17, 15) is 8.42 Å². The molecule has 0 fully saturated rings. The number of anilines is 1. The fourth-order valence-corrected chi connectivity index (χ4v) is 3.71. The summed E-state index contributed by atoms with van der Waals surface area (Å²) in [6.07, 6.45) is 1.87. The van der Waals surface area contributed by atoms with Crippen molar-refractivity contribution in [1.29, 1.82) is 0 Å². The smallest absolute Gasteiger partial charge is 0.262 e. The van der Waals surface area contributed by atoms with E-state index < -0.39 is 7.19 Å². The first-order valence-electron chi connectivity index (χ1n) is 4.39. The van der Waals surface area contributed by atoms with Gasteiger partial charge in [-0.05, 0) is 24.5 Å². The van der Waals surface area contributed by atoms with Crippen molar-refractivity contribution < 1.29 is 8.42 Å². The van der Waals surface area contributed by atoms with Gasteiger partial charge in [0.15, 0.2) is 0 Å². The Balaban J connectivity index is 2.51. The normalized spacial score (nSPS) is 16.5. The van der Waals surface area contributed by atoms with Gasteiger partial charge in [0.25, 0.3) is 7.19 Å². The number of aryl methyl sites for hydroxylation is 1. The van der Waals surface area contributed by atoms with E-state index in [4.69, 9.17) is 0 Å². The molecule has 0 spiro atoms. The Bertz CT molecular complexity index is 444. The zero-order chi connectivity index (χ0) is 10.2. The van der Waals surface area contributed by atoms with Crippen LogP contribution in [-0.4, -0.2) is 15.0 Å². The highest BCUT2D eigenvalue weighted by Gasteiger charge is 2.24. The first-order valence-corrected chi connectivity index (χ1v) is 8.37. The van der Waals surface area contributed by atoms with Crippen molar-refractivity contribution in [1.82, 2.24) is 0 Å². The van der Waals surface area contributed by atoms with E-state index in [1.165, 1.54) is 25.5 Å². The van der Waals surface area contributed by atoms with Crippen molar-refractivity contribution in [2.75, 3.05) is 10.8 Å². The molecule has 0 N–H and O–H groups in total. The minimum atomic E-state index is -3.14. The van der Waals surface area contributed by atoms with Crippen LogP contribution in [0.15, 0.2) is 24.3 Å². The van der Waals surface area contributed by atoms with Crippen LogP contribution in [0.3, 0.4) is 0 Å². The lowest BCUT2D eigenvalue weighted by Crippen LogP contribution is -2.31. The predicted molar refractivity (Wildman–Crippen MR) is 65.0 cm³/mol. The summed E-state index contributed by atoms with van der Waals surface area (Å²) in [6.45, 7) is 0.599. The first kappa shape index (κ1) is 10.2. The Labute approximate surface area is 95.8 Å². The minimum absolute atomic E-state index is 0.599. The molecule has 0 bridgehead atoms. The maximum atomic E-state index is 11.5. The molecular formula is C9H10INO2S. The van der Waals surface area contributed by atoms with Gasteiger partial charge >= 0.3 is 0 Å². The van der Waals surface area contributed by atoms with Crippen LogP contribution in [0.4, 0.5) is 5.69 Å². The summed E-state index contributed by atoms with van der Waals surface area (Å²) in [5.74, 6) is 0. The predicted octanol–water partition coefficient (Wildman–Crippen LogP) is 2.12. The van der Waals surface area contributed by atoms with E-state index in [2.05, 4.69) is 0 Å². The lowest BCUT2D eigenvalue weighted by Gasteiger charge is -2.27. The maximum absolute atomic E-state index is 11.5. The summed E-state index contributed by atoms with van der Waals surface area (Å²) >= 11 is 1.49. The third-order valence-electron chi connectivity index (χ3n) is 2.33. The number of halogens is 1. The molecule has 5 heteroatoms. The molecule has 0 unspecified atom stereocenters. The number of rotatable bonds is 1. The number of para-hydroxylation sites is 1. The highest BCUT2D eigenvalue weighted by molar-refractivity contribution is 14.2. The fourth-order valence-electron chi connectivity index (χ4n) is 1.73. The number of benzene rings is 1. The Kier molecular flexibility index (Phi) is 2.70. The van der Waals surface area contributed by atoms with Crippen molar-refractivity contribution in [3.8, 4) is 0 Å². The summed E-state index contributed by atoms with van der Waals surface area (Å²) < 4.78 is 24.4. The van der Waals surface area contributed by atoms with Crippen LogP contribution in [0, 0.1) is 0 Å². The molecule has 1 aliphatic rings. The average Bonchev–Trinajstić information content (AvgIpc) is 2.15. The molecule has 3 nitrogen and oxygen atoms in total. The molecule has 0 saturated heterocycles.